The van der Waals surface area contributed by atoms with Crippen molar-refractivity contribution >= 4 is 10.0 Å². The van der Waals surface area contributed by atoms with Gasteiger partial charge in [-0.1, -0.05) is 12.8 Å². The predicted molar refractivity (Wildman–Crippen MR) is 81.0 cm³/mol. The number of aryl methyl sites for hydroxylation is 1. The number of hydrogen-bond acceptors (Lipinski definition) is 4. The Kier molecular flexibility index (Phi) is 4.99. The lowest BCUT2D eigenvalue weighted by atomic mass is 9.85. The average Bonchev–Trinajstić information content (AvgIpc) is 2.47. The molecule has 1 saturated carbocycles. The van der Waals surface area contributed by atoms with Crippen LogP contribution < -0.4 is 10.5 Å². The highest BCUT2D eigenvalue weighted by molar-refractivity contribution is 7.89. The van der Waals surface area contributed by atoms with Crippen LogP contribution in [0.1, 0.15) is 36.8 Å². The molecular weight excluding hydrogens is 286 g/mol. The van der Waals surface area contributed by atoms with Gasteiger partial charge in [0.25, 0.3) is 0 Å². The highest BCUT2D eigenvalue weighted by atomic mass is 32.2. The fourth-order valence-corrected chi connectivity index (χ4v) is 4.49. The van der Waals surface area contributed by atoms with Crippen molar-refractivity contribution in [3.05, 3.63) is 29.3 Å². The van der Waals surface area contributed by atoms with Crippen molar-refractivity contribution in [3.8, 4) is 6.07 Å². The third kappa shape index (κ3) is 3.62. The van der Waals surface area contributed by atoms with Crippen LogP contribution in [-0.2, 0) is 10.0 Å². The minimum Gasteiger partial charge on any atom is -0.330 e. The van der Waals surface area contributed by atoms with Crippen molar-refractivity contribution in [3.63, 3.8) is 0 Å². The van der Waals surface area contributed by atoms with Crippen molar-refractivity contribution in [2.75, 3.05) is 6.54 Å². The van der Waals surface area contributed by atoms with E-state index >= 15 is 0 Å². The summed E-state index contributed by atoms with van der Waals surface area (Å²) in [7, 11) is -3.57. The van der Waals surface area contributed by atoms with Gasteiger partial charge in [-0.25, -0.2) is 13.1 Å². The molecule has 3 N–H and O–H groups in total. The monoisotopic (exact) mass is 307 g/mol. The number of sulfonamides is 1. The molecule has 1 aliphatic rings. The quantitative estimate of drug-likeness (QED) is 0.884. The SMILES string of the molecule is Cc1cc(C#N)ccc1S(=O)(=O)N[C@@H]1CCCC[C@@H]1CN. The van der Waals surface area contributed by atoms with E-state index in [1.165, 1.54) is 12.1 Å². The molecule has 2 atom stereocenters. The molecule has 0 aromatic heterocycles. The van der Waals surface area contributed by atoms with E-state index in [0.717, 1.165) is 25.7 Å². The van der Waals surface area contributed by atoms with Gasteiger partial charge in [0.1, 0.15) is 0 Å². The minimum absolute atomic E-state index is 0.0937. The smallest absolute Gasteiger partial charge is 0.241 e. The minimum atomic E-state index is -3.57. The van der Waals surface area contributed by atoms with Crippen LogP contribution in [0.5, 0.6) is 0 Å². The van der Waals surface area contributed by atoms with E-state index in [1.54, 1.807) is 13.0 Å². The van der Waals surface area contributed by atoms with E-state index in [-0.39, 0.29) is 16.9 Å². The van der Waals surface area contributed by atoms with Crippen molar-refractivity contribution in [2.45, 2.75) is 43.5 Å². The molecule has 1 aromatic carbocycles. The maximum absolute atomic E-state index is 12.5. The Bertz CT molecular complexity index is 649. The van der Waals surface area contributed by atoms with Gasteiger partial charge < -0.3 is 5.73 Å². The molecule has 0 radical (unpaired) electrons. The molecule has 0 amide bonds. The lowest BCUT2D eigenvalue weighted by Gasteiger charge is -2.31. The van der Waals surface area contributed by atoms with Gasteiger partial charge in [-0.3, -0.25) is 0 Å². The zero-order valence-electron chi connectivity index (χ0n) is 12.2. The number of rotatable bonds is 4. The normalized spacial score (nSPS) is 22.7. The molecule has 21 heavy (non-hydrogen) atoms. The van der Waals surface area contributed by atoms with E-state index in [0.29, 0.717) is 17.7 Å². The Balaban J connectivity index is 2.24. The van der Waals surface area contributed by atoms with Gasteiger partial charge in [-0.15, -0.1) is 0 Å². The molecule has 6 heteroatoms. The Labute approximate surface area is 126 Å². The van der Waals surface area contributed by atoms with Crippen molar-refractivity contribution in [1.29, 1.82) is 5.26 Å². The molecule has 5 nitrogen and oxygen atoms in total. The summed E-state index contributed by atoms with van der Waals surface area (Å²) in [4.78, 5) is 0.239. The lowest BCUT2D eigenvalue weighted by Crippen LogP contribution is -2.44. The number of nitriles is 1. The molecule has 0 unspecified atom stereocenters. The highest BCUT2D eigenvalue weighted by Gasteiger charge is 2.29. The van der Waals surface area contributed by atoms with Crippen LogP contribution in [0, 0.1) is 24.2 Å². The number of hydrogen-bond donors (Lipinski definition) is 2. The van der Waals surface area contributed by atoms with E-state index < -0.39 is 10.0 Å². The van der Waals surface area contributed by atoms with Gasteiger partial charge in [0.2, 0.25) is 10.0 Å². The number of nitrogens with one attached hydrogen (secondary N) is 1. The summed E-state index contributed by atoms with van der Waals surface area (Å²) < 4.78 is 27.9. The van der Waals surface area contributed by atoms with Crippen LogP contribution >= 0.6 is 0 Å². The number of benzene rings is 1. The van der Waals surface area contributed by atoms with Crippen LogP contribution in [0.2, 0.25) is 0 Å². The second-order valence-corrected chi connectivity index (χ2v) is 7.28. The van der Waals surface area contributed by atoms with Crippen molar-refractivity contribution < 1.29 is 8.42 Å². The van der Waals surface area contributed by atoms with Gasteiger partial charge in [0.15, 0.2) is 0 Å². The predicted octanol–water partition coefficient (Wildman–Crippen LogP) is 1.66. The Hall–Kier alpha value is -1.42. The molecule has 1 aliphatic carbocycles. The van der Waals surface area contributed by atoms with Gasteiger partial charge in [0, 0.05) is 6.04 Å². The van der Waals surface area contributed by atoms with Gasteiger partial charge in [0.05, 0.1) is 16.5 Å². The molecular formula is C15H21N3O2S. The summed E-state index contributed by atoms with van der Waals surface area (Å²) in [6.45, 7) is 2.20. The Morgan fingerprint density at radius 3 is 2.71 bits per heavy atom. The first kappa shape index (κ1) is 16.0. The van der Waals surface area contributed by atoms with Crippen LogP contribution in [0.4, 0.5) is 0 Å². The van der Waals surface area contributed by atoms with Crippen LogP contribution in [0.25, 0.3) is 0 Å². The van der Waals surface area contributed by atoms with Gasteiger partial charge in [-0.05, 0) is 56.0 Å². The summed E-state index contributed by atoms with van der Waals surface area (Å²) in [6, 6.07) is 6.54. The molecule has 114 valence electrons. The maximum Gasteiger partial charge on any atom is 0.241 e. The molecule has 0 aliphatic heterocycles. The van der Waals surface area contributed by atoms with E-state index in [1.807, 2.05) is 6.07 Å². The fraction of sp³-hybridized carbons (Fsp3) is 0.533. The summed E-state index contributed by atoms with van der Waals surface area (Å²) in [5.41, 5.74) is 6.79. The zero-order chi connectivity index (χ0) is 15.5. The number of nitrogens with two attached hydrogens (primary N) is 1. The standard InChI is InChI=1S/C15H21N3O2S/c1-11-8-12(9-16)6-7-15(11)21(19,20)18-14-5-3-2-4-13(14)10-17/h6-8,13-14,18H,2-5,10,17H2,1H3/t13-,14-/m1/s1. The van der Waals surface area contributed by atoms with Crippen molar-refractivity contribution in [1.82, 2.24) is 4.72 Å². The van der Waals surface area contributed by atoms with E-state index in [2.05, 4.69) is 4.72 Å². The molecule has 0 heterocycles. The zero-order valence-corrected chi connectivity index (χ0v) is 13.0. The molecule has 0 spiro atoms. The van der Waals surface area contributed by atoms with Gasteiger partial charge in [-0.2, -0.15) is 5.26 Å². The Morgan fingerprint density at radius 1 is 1.38 bits per heavy atom. The van der Waals surface area contributed by atoms with E-state index in [4.69, 9.17) is 11.0 Å². The molecule has 0 saturated heterocycles. The lowest BCUT2D eigenvalue weighted by molar-refractivity contribution is 0.296. The van der Waals surface area contributed by atoms with Gasteiger partial charge >= 0.3 is 0 Å². The molecule has 0 bridgehead atoms. The maximum atomic E-state index is 12.5. The summed E-state index contributed by atoms with van der Waals surface area (Å²) in [5.74, 6) is 0.201. The average molecular weight is 307 g/mol. The molecule has 1 aromatic rings. The third-order valence-corrected chi connectivity index (χ3v) is 5.76. The first-order chi connectivity index (χ1) is 9.97. The van der Waals surface area contributed by atoms with Crippen LogP contribution in [0.3, 0.4) is 0 Å². The summed E-state index contributed by atoms with van der Waals surface area (Å²) in [5, 5.41) is 8.85. The molecule has 1 fully saturated rings. The number of nitrogens with zero attached hydrogens (tertiary/aromatic N) is 1. The van der Waals surface area contributed by atoms with Crippen LogP contribution in [-0.4, -0.2) is 21.0 Å². The second-order valence-electron chi connectivity index (χ2n) is 5.60. The second kappa shape index (κ2) is 6.56. The Morgan fingerprint density at radius 2 is 2.10 bits per heavy atom. The van der Waals surface area contributed by atoms with Crippen LogP contribution in [0.15, 0.2) is 23.1 Å². The largest absolute Gasteiger partial charge is 0.330 e. The summed E-state index contributed by atoms with van der Waals surface area (Å²) >= 11 is 0. The highest BCUT2D eigenvalue weighted by Crippen LogP contribution is 2.26. The van der Waals surface area contributed by atoms with E-state index in [9.17, 15) is 8.42 Å². The molecule has 2 rings (SSSR count). The summed E-state index contributed by atoms with van der Waals surface area (Å²) in [6.07, 6.45) is 3.93. The first-order valence-corrected chi connectivity index (χ1v) is 8.69. The first-order valence-electron chi connectivity index (χ1n) is 7.21. The fourth-order valence-electron chi connectivity index (χ4n) is 2.93. The topological polar surface area (TPSA) is 96.0 Å². The van der Waals surface area contributed by atoms with Crippen molar-refractivity contribution in [2.24, 2.45) is 11.7 Å². The third-order valence-electron chi connectivity index (χ3n) is 4.11.